The third kappa shape index (κ3) is 3.13. The van der Waals surface area contributed by atoms with E-state index in [9.17, 15) is 0 Å². The Morgan fingerprint density at radius 3 is 2.18 bits per heavy atom. The topological polar surface area (TPSA) is 0 Å². The van der Waals surface area contributed by atoms with E-state index in [2.05, 4.69) is 45.9 Å². The van der Waals surface area contributed by atoms with Crippen molar-refractivity contribution < 1.29 is 32.6 Å². The fourth-order valence-electron chi connectivity index (χ4n) is 2.28. The molecule has 2 aliphatic carbocycles. The molecule has 2 rings (SSSR count). The van der Waals surface area contributed by atoms with Gasteiger partial charge in [0.15, 0.2) is 0 Å². The first-order valence-corrected chi connectivity index (χ1v) is 8.08. The Bertz CT molecular complexity index is 414. The van der Waals surface area contributed by atoms with Crippen LogP contribution in [-0.2, 0) is 23.2 Å². The van der Waals surface area contributed by atoms with Crippen molar-refractivity contribution in [1.82, 2.24) is 0 Å². The van der Waals surface area contributed by atoms with Crippen molar-refractivity contribution in [2.45, 2.75) is 34.1 Å². The molecule has 0 aromatic heterocycles. The van der Waals surface area contributed by atoms with Gasteiger partial charge in [-0.1, -0.05) is 0 Å². The number of halogens is 2. The summed E-state index contributed by atoms with van der Waals surface area (Å²) < 4.78 is 3.55. The molecular weight excluding hydrogens is 297 g/mol. The minimum atomic E-state index is -0.456. The largest absolute Gasteiger partial charge is 1.00 e. The Morgan fingerprint density at radius 2 is 1.76 bits per heavy atom. The van der Waals surface area contributed by atoms with Crippen molar-refractivity contribution in [3.8, 4) is 0 Å². The molecule has 0 aliphatic heterocycles. The average Bonchev–Trinajstić information content (AvgIpc) is 2.79. The second-order valence-electron chi connectivity index (χ2n) is 4.52. The summed E-state index contributed by atoms with van der Waals surface area (Å²) in [5, 5.41) is 0. The molecule has 2 aliphatic rings. The average molecular weight is 316 g/mol. The molecule has 17 heavy (non-hydrogen) atoms. The summed E-state index contributed by atoms with van der Waals surface area (Å²) >= 11 is -0.456. The van der Waals surface area contributed by atoms with Gasteiger partial charge in [-0.2, -0.15) is 0 Å². The molecule has 0 spiro atoms. The van der Waals surface area contributed by atoms with E-state index >= 15 is 0 Å². The van der Waals surface area contributed by atoms with Crippen LogP contribution in [0.25, 0.3) is 0 Å². The Kier molecular flexibility index (Phi) is 6.47. The van der Waals surface area contributed by atoms with Gasteiger partial charge in [0.1, 0.15) is 0 Å². The van der Waals surface area contributed by atoms with Gasteiger partial charge in [-0.15, -0.1) is 0 Å². The molecule has 0 saturated heterocycles. The molecule has 0 aromatic carbocycles. The molecule has 0 aromatic rings. The van der Waals surface area contributed by atoms with E-state index in [1.54, 1.807) is 20.0 Å². The second kappa shape index (κ2) is 6.59. The van der Waals surface area contributed by atoms with E-state index in [0.29, 0.717) is 0 Å². The van der Waals surface area contributed by atoms with Gasteiger partial charge in [0.2, 0.25) is 0 Å². The Morgan fingerprint density at radius 1 is 1.12 bits per heavy atom. The van der Waals surface area contributed by atoms with Crippen LogP contribution in [0, 0.1) is 5.92 Å². The van der Waals surface area contributed by atoms with Crippen LogP contribution in [0.4, 0.5) is 0 Å². The zero-order valence-corrected chi connectivity index (χ0v) is 13.2. The Hall–Kier alpha value is -0.297. The van der Waals surface area contributed by atoms with Crippen LogP contribution in [0.15, 0.2) is 41.5 Å². The van der Waals surface area contributed by atoms with Gasteiger partial charge in [0.25, 0.3) is 0 Å². The van der Waals surface area contributed by atoms with Crippen LogP contribution in [0.5, 0.6) is 0 Å². The van der Waals surface area contributed by atoms with Crippen molar-refractivity contribution >= 4 is 0 Å². The maximum atomic E-state index is 2.38. The van der Waals surface area contributed by atoms with Gasteiger partial charge in [-0.25, -0.2) is 0 Å². The summed E-state index contributed by atoms with van der Waals surface area (Å²) in [7, 11) is 0. The van der Waals surface area contributed by atoms with E-state index in [-0.39, 0.29) is 9.41 Å². The smallest absolute Gasteiger partial charge is 1.00 e. The molecule has 1 unspecified atom stereocenters. The van der Waals surface area contributed by atoms with Crippen LogP contribution in [0.1, 0.15) is 34.1 Å². The number of rotatable bonds is 2. The normalized spacial score (nSPS) is 22.1. The third-order valence-corrected chi connectivity index (χ3v) is 8.06. The third-order valence-electron chi connectivity index (χ3n) is 3.71. The van der Waals surface area contributed by atoms with E-state index in [0.717, 1.165) is 5.92 Å². The maximum absolute atomic E-state index is 2.38. The monoisotopic (exact) mass is 314 g/mol. The molecule has 0 saturated carbocycles. The molecule has 0 nitrogen and oxygen atoms in total. The SMILES string of the molecule is CC1=C(C)C(C)[C]([Zr+2][C]2=CC=CC2)=C1C.[F-].[F-]. The molecule has 92 valence electrons. The van der Waals surface area contributed by atoms with Gasteiger partial charge < -0.3 is 9.41 Å². The van der Waals surface area contributed by atoms with Crippen molar-refractivity contribution in [2.75, 3.05) is 0 Å². The Labute approximate surface area is 114 Å². The molecule has 0 bridgehead atoms. The zero-order chi connectivity index (χ0) is 11.0. The predicted octanol–water partition coefficient (Wildman–Crippen LogP) is -1.82. The van der Waals surface area contributed by atoms with Gasteiger partial charge in [0.05, 0.1) is 0 Å². The molecule has 0 amide bonds. The van der Waals surface area contributed by atoms with E-state index in [4.69, 9.17) is 0 Å². The summed E-state index contributed by atoms with van der Waals surface area (Å²) in [5.41, 5.74) is 4.78. The van der Waals surface area contributed by atoms with Crippen LogP contribution >= 0.6 is 0 Å². The van der Waals surface area contributed by atoms with Crippen molar-refractivity contribution in [1.29, 1.82) is 0 Å². The van der Waals surface area contributed by atoms with E-state index in [1.807, 2.05) is 3.28 Å². The number of allylic oxidation sites excluding steroid dienone is 8. The summed E-state index contributed by atoms with van der Waals surface area (Å²) in [4.78, 5) is 0. The minimum Gasteiger partial charge on any atom is -1.00 e. The van der Waals surface area contributed by atoms with E-state index in [1.165, 1.54) is 6.42 Å². The van der Waals surface area contributed by atoms with Gasteiger partial charge in [0, 0.05) is 0 Å². The fraction of sp³-hybridized carbons (Fsp3) is 0.429. The van der Waals surface area contributed by atoms with Gasteiger partial charge in [-0.05, 0) is 0 Å². The predicted molar refractivity (Wildman–Crippen MR) is 62.1 cm³/mol. The quantitative estimate of drug-likeness (QED) is 0.563. The summed E-state index contributed by atoms with van der Waals surface area (Å²) in [5.74, 6) is 0.734. The van der Waals surface area contributed by atoms with E-state index < -0.39 is 23.2 Å². The standard InChI is InChI=1S/C9H13.C5H5.2FH.Zr/c1-6-5-7(2)9(4)8(6)3;1-2-4-5-3-1;;;/h6H,1-4H3;1-3H,4H2;2*1H;/q;;;;+2/p-2. The fourth-order valence-corrected chi connectivity index (χ4v) is 6.10. The second-order valence-corrected chi connectivity index (χ2v) is 8.03. The number of hydrogen-bond donors (Lipinski definition) is 0. The Balaban J connectivity index is 0.00000128. The molecule has 3 heteroatoms. The van der Waals surface area contributed by atoms with Crippen LogP contribution < -0.4 is 9.41 Å². The first kappa shape index (κ1) is 16.7. The van der Waals surface area contributed by atoms with Crippen LogP contribution in [0.3, 0.4) is 0 Å². The molecule has 0 N–H and O–H groups in total. The summed E-state index contributed by atoms with van der Waals surface area (Å²) in [6.45, 7) is 9.29. The van der Waals surface area contributed by atoms with Gasteiger partial charge in [-0.3, -0.25) is 0 Å². The van der Waals surface area contributed by atoms with Crippen molar-refractivity contribution in [3.05, 3.63) is 41.5 Å². The molecular formula is C14H18F2Zr. The minimum absolute atomic E-state index is 0. The van der Waals surface area contributed by atoms with Gasteiger partial charge >= 0.3 is 105 Å². The van der Waals surface area contributed by atoms with Crippen molar-refractivity contribution in [3.63, 3.8) is 0 Å². The molecule has 1 atom stereocenters. The van der Waals surface area contributed by atoms with Crippen molar-refractivity contribution in [2.24, 2.45) is 5.92 Å². The molecule has 0 fully saturated rings. The zero-order valence-electron chi connectivity index (χ0n) is 10.8. The van der Waals surface area contributed by atoms with Crippen LogP contribution in [0.2, 0.25) is 0 Å². The first-order valence-electron chi connectivity index (χ1n) is 5.62. The summed E-state index contributed by atoms with van der Waals surface area (Å²) in [6, 6.07) is 0. The molecule has 0 heterocycles. The van der Waals surface area contributed by atoms with Crippen LogP contribution in [-0.4, -0.2) is 0 Å². The summed E-state index contributed by atoms with van der Waals surface area (Å²) in [6.07, 6.45) is 8.09. The first-order chi connectivity index (χ1) is 7.11. The number of hydrogen-bond acceptors (Lipinski definition) is 0. The maximum Gasteiger partial charge on any atom is -1.00 e. The molecule has 0 radical (unpaired) electrons.